The molecule has 3 aromatic rings. The molecule has 2 aromatic carbocycles. The van der Waals surface area contributed by atoms with Crippen molar-refractivity contribution in [2.75, 3.05) is 7.11 Å². The van der Waals surface area contributed by atoms with E-state index in [4.69, 9.17) is 9.26 Å². The maximum absolute atomic E-state index is 11.5. The molecule has 0 saturated heterocycles. The lowest BCUT2D eigenvalue weighted by Gasteiger charge is -2.00. The molecular weight excluding hydrogens is 268 g/mol. The summed E-state index contributed by atoms with van der Waals surface area (Å²) in [5, 5.41) is 3.95. The smallest absolute Gasteiger partial charge is 0.337 e. The Morgan fingerprint density at radius 1 is 1.05 bits per heavy atom. The van der Waals surface area contributed by atoms with E-state index in [1.165, 1.54) is 7.11 Å². The fourth-order valence-corrected chi connectivity index (χ4v) is 1.94. The minimum atomic E-state index is -0.399. The van der Waals surface area contributed by atoms with Gasteiger partial charge in [0.05, 0.1) is 12.7 Å². The molecule has 0 radical (unpaired) electrons. The third kappa shape index (κ3) is 2.67. The van der Waals surface area contributed by atoms with E-state index in [0.717, 1.165) is 5.56 Å². The molecule has 0 saturated carbocycles. The highest BCUT2D eigenvalue weighted by Crippen LogP contribution is 2.22. The van der Waals surface area contributed by atoms with E-state index in [0.29, 0.717) is 22.8 Å². The predicted molar refractivity (Wildman–Crippen MR) is 76.5 cm³/mol. The highest BCUT2D eigenvalue weighted by molar-refractivity contribution is 5.90. The first-order chi connectivity index (χ1) is 10.3. The lowest BCUT2D eigenvalue weighted by Crippen LogP contribution is -2.00. The Hall–Kier alpha value is -2.95. The molecule has 0 atom stereocenters. The number of aromatic nitrogens is 2. The maximum atomic E-state index is 11.5. The van der Waals surface area contributed by atoms with Crippen LogP contribution >= 0.6 is 0 Å². The van der Waals surface area contributed by atoms with Crippen LogP contribution in [0.2, 0.25) is 0 Å². The zero-order chi connectivity index (χ0) is 14.7. The Balaban J connectivity index is 1.95. The summed E-state index contributed by atoms with van der Waals surface area (Å²) in [7, 11) is 1.34. The van der Waals surface area contributed by atoms with Gasteiger partial charge in [-0.3, -0.25) is 0 Å². The van der Waals surface area contributed by atoms with Gasteiger partial charge in [-0.1, -0.05) is 35.5 Å². The lowest BCUT2D eigenvalue weighted by atomic mass is 10.1. The molecule has 1 heterocycles. The van der Waals surface area contributed by atoms with Gasteiger partial charge < -0.3 is 9.26 Å². The minimum absolute atomic E-state index is 0.399. The summed E-state index contributed by atoms with van der Waals surface area (Å²) in [6.45, 7) is 0. The predicted octanol–water partition coefficient (Wildman–Crippen LogP) is 3.19. The van der Waals surface area contributed by atoms with E-state index in [2.05, 4.69) is 10.1 Å². The van der Waals surface area contributed by atoms with E-state index in [1.54, 1.807) is 18.2 Å². The molecule has 0 aliphatic heterocycles. The zero-order valence-corrected chi connectivity index (χ0v) is 11.3. The number of hydrogen-bond donors (Lipinski definition) is 0. The Kier molecular flexibility index (Phi) is 3.47. The molecule has 0 fully saturated rings. The fraction of sp³-hybridized carbons (Fsp3) is 0.0625. The van der Waals surface area contributed by atoms with Gasteiger partial charge in [-0.2, -0.15) is 4.98 Å². The molecule has 3 rings (SSSR count). The van der Waals surface area contributed by atoms with Crippen LogP contribution < -0.4 is 0 Å². The van der Waals surface area contributed by atoms with Crippen LogP contribution in [0, 0.1) is 0 Å². The molecule has 1 aromatic heterocycles. The van der Waals surface area contributed by atoms with Gasteiger partial charge in [0.1, 0.15) is 0 Å². The Morgan fingerprint density at radius 2 is 1.81 bits per heavy atom. The Morgan fingerprint density at radius 3 is 2.57 bits per heavy atom. The third-order valence-electron chi connectivity index (χ3n) is 2.99. The Labute approximate surface area is 121 Å². The largest absolute Gasteiger partial charge is 0.465 e. The van der Waals surface area contributed by atoms with Crippen molar-refractivity contribution in [3.05, 3.63) is 60.2 Å². The first-order valence-corrected chi connectivity index (χ1v) is 6.36. The molecule has 0 N–H and O–H groups in total. The Bertz CT molecular complexity index is 766. The SMILES string of the molecule is COC(=O)c1cccc(-c2noc(-c3ccccc3)n2)c1. The number of ether oxygens (including phenoxy) is 1. The monoisotopic (exact) mass is 280 g/mol. The summed E-state index contributed by atoms with van der Waals surface area (Å²) in [4.78, 5) is 15.9. The van der Waals surface area contributed by atoms with Crippen LogP contribution in [-0.2, 0) is 4.74 Å². The van der Waals surface area contributed by atoms with Crippen molar-refractivity contribution in [3.63, 3.8) is 0 Å². The zero-order valence-electron chi connectivity index (χ0n) is 11.3. The van der Waals surface area contributed by atoms with Gasteiger partial charge >= 0.3 is 5.97 Å². The first kappa shape index (κ1) is 13.1. The average molecular weight is 280 g/mol. The van der Waals surface area contributed by atoms with Crippen LogP contribution in [0.3, 0.4) is 0 Å². The molecule has 21 heavy (non-hydrogen) atoms. The van der Waals surface area contributed by atoms with Crippen LogP contribution in [0.4, 0.5) is 0 Å². The summed E-state index contributed by atoms with van der Waals surface area (Å²) in [6, 6.07) is 16.4. The quantitative estimate of drug-likeness (QED) is 0.689. The molecule has 0 bridgehead atoms. The first-order valence-electron chi connectivity index (χ1n) is 6.36. The van der Waals surface area contributed by atoms with E-state index in [-0.39, 0.29) is 0 Å². The van der Waals surface area contributed by atoms with Gasteiger partial charge in [0.15, 0.2) is 0 Å². The van der Waals surface area contributed by atoms with Crippen LogP contribution in [0.5, 0.6) is 0 Å². The van der Waals surface area contributed by atoms with Crippen LogP contribution in [0.25, 0.3) is 22.8 Å². The molecule has 5 heteroatoms. The average Bonchev–Trinajstić information content (AvgIpc) is 3.05. The van der Waals surface area contributed by atoms with Crippen molar-refractivity contribution >= 4 is 5.97 Å². The fourth-order valence-electron chi connectivity index (χ4n) is 1.94. The third-order valence-corrected chi connectivity index (χ3v) is 2.99. The van der Waals surface area contributed by atoms with Crippen molar-refractivity contribution in [2.24, 2.45) is 0 Å². The number of esters is 1. The van der Waals surface area contributed by atoms with Crippen molar-refractivity contribution < 1.29 is 14.1 Å². The second kappa shape index (κ2) is 5.58. The van der Waals surface area contributed by atoms with Gasteiger partial charge in [0.2, 0.25) is 5.82 Å². The number of carbonyl (C=O) groups excluding carboxylic acids is 1. The number of methoxy groups -OCH3 is 1. The highest BCUT2D eigenvalue weighted by Gasteiger charge is 2.12. The van der Waals surface area contributed by atoms with E-state index < -0.39 is 5.97 Å². The normalized spacial score (nSPS) is 10.3. The molecular formula is C16H12N2O3. The molecule has 0 aliphatic carbocycles. The van der Waals surface area contributed by atoms with Crippen molar-refractivity contribution in [3.8, 4) is 22.8 Å². The van der Waals surface area contributed by atoms with E-state index in [1.807, 2.05) is 36.4 Å². The highest BCUT2D eigenvalue weighted by atomic mass is 16.5. The summed E-state index contributed by atoms with van der Waals surface area (Å²) in [5.74, 6) is 0.470. The van der Waals surface area contributed by atoms with Crippen molar-refractivity contribution in [1.82, 2.24) is 10.1 Å². The standard InChI is InChI=1S/C16H12N2O3/c1-20-16(19)13-9-5-8-12(10-13)14-17-15(21-18-14)11-6-3-2-4-7-11/h2-10H,1H3. The summed E-state index contributed by atoms with van der Waals surface area (Å²) >= 11 is 0. The van der Waals surface area contributed by atoms with E-state index in [9.17, 15) is 4.79 Å². The molecule has 0 amide bonds. The topological polar surface area (TPSA) is 65.2 Å². The minimum Gasteiger partial charge on any atom is -0.465 e. The number of hydrogen-bond acceptors (Lipinski definition) is 5. The summed E-state index contributed by atoms with van der Waals surface area (Å²) in [5.41, 5.74) is 1.99. The second-order valence-corrected chi connectivity index (χ2v) is 4.36. The summed E-state index contributed by atoms with van der Waals surface area (Å²) < 4.78 is 9.95. The van der Waals surface area contributed by atoms with Crippen molar-refractivity contribution in [1.29, 1.82) is 0 Å². The van der Waals surface area contributed by atoms with Gasteiger partial charge in [-0.05, 0) is 24.3 Å². The number of carbonyl (C=O) groups is 1. The number of rotatable bonds is 3. The molecule has 0 unspecified atom stereocenters. The van der Waals surface area contributed by atoms with Crippen molar-refractivity contribution in [2.45, 2.75) is 0 Å². The summed E-state index contributed by atoms with van der Waals surface area (Å²) in [6.07, 6.45) is 0. The van der Waals surface area contributed by atoms with Gasteiger partial charge in [-0.25, -0.2) is 4.79 Å². The number of benzene rings is 2. The number of nitrogens with zero attached hydrogens (tertiary/aromatic N) is 2. The molecule has 104 valence electrons. The van der Waals surface area contributed by atoms with Crippen LogP contribution in [-0.4, -0.2) is 23.2 Å². The van der Waals surface area contributed by atoms with Crippen LogP contribution in [0.1, 0.15) is 10.4 Å². The van der Waals surface area contributed by atoms with Gasteiger partial charge in [0.25, 0.3) is 5.89 Å². The molecule has 5 nitrogen and oxygen atoms in total. The second-order valence-electron chi connectivity index (χ2n) is 4.36. The van der Waals surface area contributed by atoms with E-state index >= 15 is 0 Å². The molecule has 0 aliphatic rings. The van der Waals surface area contributed by atoms with Gasteiger partial charge in [0, 0.05) is 11.1 Å². The van der Waals surface area contributed by atoms with Crippen LogP contribution in [0.15, 0.2) is 59.1 Å². The maximum Gasteiger partial charge on any atom is 0.337 e. The molecule has 0 spiro atoms. The lowest BCUT2D eigenvalue weighted by molar-refractivity contribution is 0.0601. The van der Waals surface area contributed by atoms with Gasteiger partial charge in [-0.15, -0.1) is 0 Å².